The fraction of sp³-hybridized carbons (Fsp3) is 1.00. The molecule has 0 spiro atoms. The first-order valence-electron chi connectivity index (χ1n) is 5.98. The predicted octanol–water partition coefficient (Wildman–Crippen LogP) is 1.84. The van der Waals surface area contributed by atoms with Crippen molar-refractivity contribution in [2.75, 3.05) is 19.8 Å². The third-order valence-electron chi connectivity index (χ3n) is 2.20. The Bertz CT molecular complexity index is 176. The summed E-state index contributed by atoms with van der Waals surface area (Å²) in [5.41, 5.74) is 2.42. The summed E-state index contributed by atoms with van der Waals surface area (Å²) in [6.45, 7) is 12.6. The Morgan fingerprint density at radius 3 is 2.12 bits per heavy atom. The zero-order chi connectivity index (χ0) is 12.7. The Kier molecular flexibility index (Phi) is 7.15. The van der Waals surface area contributed by atoms with Crippen LogP contribution in [-0.2, 0) is 9.47 Å². The maximum Gasteiger partial charge on any atom is 0.0648 e. The Morgan fingerprint density at radius 1 is 1.00 bits per heavy atom. The van der Waals surface area contributed by atoms with Crippen LogP contribution >= 0.6 is 0 Å². The molecule has 0 aromatic heterocycles. The van der Waals surface area contributed by atoms with Crippen LogP contribution in [0.3, 0.4) is 0 Å². The topological polar surface area (TPSA) is 56.5 Å². The fourth-order valence-electron chi connectivity index (χ4n) is 1.20. The predicted molar refractivity (Wildman–Crippen MR) is 67.2 cm³/mol. The van der Waals surface area contributed by atoms with Gasteiger partial charge in [-0.05, 0) is 47.5 Å². The monoisotopic (exact) mass is 232 g/mol. The van der Waals surface area contributed by atoms with Crippen LogP contribution in [-0.4, -0.2) is 31.0 Å². The van der Waals surface area contributed by atoms with Crippen molar-refractivity contribution in [1.82, 2.24) is 5.43 Å². The molecule has 0 aliphatic carbocycles. The average molecular weight is 232 g/mol. The summed E-state index contributed by atoms with van der Waals surface area (Å²) < 4.78 is 11.5. The van der Waals surface area contributed by atoms with Crippen molar-refractivity contribution in [2.45, 2.75) is 58.7 Å². The maximum absolute atomic E-state index is 5.77. The molecule has 3 N–H and O–H groups in total. The van der Waals surface area contributed by atoms with Gasteiger partial charge < -0.3 is 9.47 Å². The lowest BCUT2D eigenvalue weighted by Gasteiger charge is -2.27. The van der Waals surface area contributed by atoms with Crippen molar-refractivity contribution in [3.63, 3.8) is 0 Å². The van der Waals surface area contributed by atoms with Crippen molar-refractivity contribution in [2.24, 2.45) is 5.84 Å². The fourth-order valence-corrected chi connectivity index (χ4v) is 1.20. The van der Waals surface area contributed by atoms with Crippen molar-refractivity contribution in [1.29, 1.82) is 0 Å². The van der Waals surface area contributed by atoms with Crippen LogP contribution in [0.2, 0.25) is 0 Å². The molecule has 4 nitrogen and oxygen atoms in total. The molecule has 0 aromatic carbocycles. The molecule has 0 heterocycles. The molecule has 0 rings (SSSR count). The van der Waals surface area contributed by atoms with Crippen molar-refractivity contribution in [3.8, 4) is 0 Å². The zero-order valence-corrected chi connectivity index (χ0v) is 11.4. The summed E-state index contributed by atoms with van der Waals surface area (Å²) in [6, 6.07) is 0. The van der Waals surface area contributed by atoms with E-state index in [0.717, 1.165) is 32.6 Å². The van der Waals surface area contributed by atoms with Gasteiger partial charge in [-0.2, -0.15) is 0 Å². The van der Waals surface area contributed by atoms with Crippen LogP contribution in [0.4, 0.5) is 0 Å². The molecule has 0 fully saturated rings. The SMILES string of the molecule is CC(C)(C)OCCC(C)(C)OCCCNN. The van der Waals surface area contributed by atoms with Crippen LogP contribution in [0.15, 0.2) is 0 Å². The van der Waals surface area contributed by atoms with Crippen molar-refractivity contribution < 1.29 is 9.47 Å². The Labute approximate surface area is 99.8 Å². The van der Waals surface area contributed by atoms with Crippen LogP contribution in [0.5, 0.6) is 0 Å². The lowest BCUT2D eigenvalue weighted by molar-refractivity contribution is -0.0667. The van der Waals surface area contributed by atoms with Gasteiger partial charge in [0.15, 0.2) is 0 Å². The van der Waals surface area contributed by atoms with Crippen molar-refractivity contribution in [3.05, 3.63) is 0 Å². The number of hydrogen-bond acceptors (Lipinski definition) is 4. The van der Waals surface area contributed by atoms with E-state index in [1.54, 1.807) is 0 Å². The Balaban J connectivity index is 3.62. The average Bonchev–Trinajstić information content (AvgIpc) is 2.10. The number of nitrogens with one attached hydrogen (secondary N) is 1. The van der Waals surface area contributed by atoms with Gasteiger partial charge in [0.2, 0.25) is 0 Å². The second kappa shape index (κ2) is 7.22. The van der Waals surface area contributed by atoms with E-state index >= 15 is 0 Å². The highest BCUT2D eigenvalue weighted by Crippen LogP contribution is 2.17. The van der Waals surface area contributed by atoms with Crippen LogP contribution < -0.4 is 11.3 Å². The van der Waals surface area contributed by atoms with E-state index in [4.69, 9.17) is 15.3 Å². The normalized spacial score (nSPS) is 13.1. The summed E-state index contributed by atoms with van der Waals surface area (Å²) in [6.07, 6.45) is 1.83. The minimum atomic E-state index is -0.125. The summed E-state index contributed by atoms with van der Waals surface area (Å²) in [5, 5.41) is 0. The number of ether oxygens (including phenoxy) is 2. The third-order valence-corrected chi connectivity index (χ3v) is 2.20. The van der Waals surface area contributed by atoms with Crippen LogP contribution in [0, 0.1) is 0 Å². The molecule has 16 heavy (non-hydrogen) atoms. The standard InChI is InChI=1S/C12H28N2O2/c1-11(2,3)15-10-7-12(4,5)16-9-6-8-14-13/h14H,6-10,13H2,1-5H3. The largest absolute Gasteiger partial charge is 0.376 e. The van der Waals surface area contributed by atoms with E-state index in [9.17, 15) is 0 Å². The smallest absolute Gasteiger partial charge is 0.0648 e. The van der Waals surface area contributed by atoms with E-state index < -0.39 is 0 Å². The summed E-state index contributed by atoms with van der Waals surface area (Å²) in [7, 11) is 0. The summed E-state index contributed by atoms with van der Waals surface area (Å²) >= 11 is 0. The summed E-state index contributed by atoms with van der Waals surface area (Å²) in [5.74, 6) is 5.18. The van der Waals surface area contributed by atoms with Gasteiger partial charge in [0, 0.05) is 19.8 Å². The van der Waals surface area contributed by atoms with Gasteiger partial charge in [0.25, 0.3) is 0 Å². The first kappa shape index (κ1) is 15.8. The first-order chi connectivity index (χ1) is 7.27. The quantitative estimate of drug-likeness (QED) is 0.381. The molecule has 0 aromatic rings. The second-order valence-electron chi connectivity index (χ2n) is 5.63. The van der Waals surface area contributed by atoms with E-state index in [0.29, 0.717) is 0 Å². The third kappa shape index (κ3) is 10.4. The maximum atomic E-state index is 5.77. The number of nitrogens with two attached hydrogens (primary N) is 1. The lowest BCUT2D eigenvalue weighted by atomic mass is 10.1. The van der Waals surface area contributed by atoms with Gasteiger partial charge in [0.1, 0.15) is 0 Å². The summed E-state index contributed by atoms with van der Waals surface area (Å²) in [4.78, 5) is 0. The Morgan fingerprint density at radius 2 is 1.62 bits per heavy atom. The van der Waals surface area contributed by atoms with Gasteiger partial charge in [0.05, 0.1) is 11.2 Å². The van der Waals surface area contributed by atoms with Gasteiger partial charge in [-0.3, -0.25) is 11.3 Å². The number of rotatable bonds is 8. The molecule has 0 aliphatic rings. The van der Waals surface area contributed by atoms with E-state index in [-0.39, 0.29) is 11.2 Å². The van der Waals surface area contributed by atoms with E-state index in [2.05, 4.69) is 40.0 Å². The number of hydrogen-bond donors (Lipinski definition) is 2. The van der Waals surface area contributed by atoms with Gasteiger partial charge in [-0.1, -0.05) is 0 Å². The second-order valence-corrected chi connectivity index (χ2v) is 5.63. The molecule has 0 amide bonds. The van der Waals surface area contributed by atoms with Gasteiger partial charge in [-0.25, -0.2) is 0 Å². The Hall–Kier alpha value is -0.160. The highest BCUT2D eigenvalue weighted by molar-refractivity contribution is 4.69. The molecule has 4 heteroatoms. The zero-order valence-electron chi connectivity index (χ0n) is 11.4. The molecule has 98 valence electrons. The highest BCUT2D eigenvalue weighted by Gasteiger charge is 2.19. The molecule has 0 aliphatic heterocycles. The molecular formula is C12H28N2O2. The molecule has 0 saturated carbocycles. The highest BCUT2D eigenvalue weighted by atomic mass is 16.5. The molecule has 0 saturated heterocycles. The van der Waals surface area contributed by atoms with Crippen LogP contribution in [0.25, 0.3) is 0 Å². The molecule has 0 atom stereocenters. The first-order valence-corrected chi connectivity index (χ1v) is 5.98. The molecule has 0 bridgehead atoms. The minimum absolute atomic E-state index is 0.0699. The number of hydrazine groups is 1. The van der Waals surface area contributed by atoms with Crippen molar-refractivity contribution >= 4 is 0 Å². The van der Waals surface area contributed by atoms with E-state index in [1.807, 2.05) is 0 Å². The van der Waals surface area contributed by atoms with Gasteiger partial charge >= 0.3 is 0 Å². The molecule has 0 radical (unpaired) electrons. The molecule has 0 unspecified atom stereocenters. The van der Waals surface area contributed by atoms with Crippen LogP contribution in [0.1, 0.15) is 47.5 Å². The minimum Gasteiger partial charge on any atom is -0.376 e. The molecular weight excluding hydrogens is 204 g/mol. The van der Waals surface area contributed by atoms with E-state index in [1.165, 1.54) is 0 Å². The van der Waals surface area contributed by atoms with Gasteiger partial charge in [-0.15, -0.1) is 0 Å². The lowest BCUT2D eigenvalue weighted by Crippen LogP contribution is -2.31.